The zero-order valence-corrected chi connectivity index (χ0v) is 13.0. The first-order valence-electron chi connectivity index (χ1n) is 7.77. The minimum Gasteiger partial charge on any atom is -0.299 e. The molecule has 0 heterocycles. The zero-order chi connectivity index (χ0) is 13.1. The Bertz CT molecular complexity index is 157. The molecule has 0 saturated carbocycles. The van der Waals surface area contributed by atoms with Crippen LogP contribution in [0.1, 0.15) is 86.0 Å². The van der Waals surface area contributed by atoms with Crippen LogP contribution in [0.25, 0.3) is 0 Å². The minimum absolute atomic E-state index is 0.343. The van der Waals surface area contributed by atoms with E-state index in [2.05, 4.69) is 39.5 Å². The summed E-state index contributed by atoms with van der Waals surface area (Å²) in [5.41, 5.74) is 0.343. The van der Waals surface area contributed by atoms with Crippen LogP contribution in [0.2, 0.25) is 0 Å². The van der Waals surface area contributed by atoms with Gasteiger partial charge in [-0.1, -0.05) is 58.8 Å². The molecule has 104 valence electrons. The third kappa shape index (κ3) is 9.64. The van der Waals surface area contributed by atoms with Crippen molar-refractivity contribution in [2.75, 3.05) is 13.1 Å². The van der Waals surface area contributed by atoms with Crippen molar-refractivity contribution in [3.05, 3.63) is 0 Å². The highest BCUT2D eigenvalue weighted by atomic mass is 15.2. The molecule has 17 heavy (non-hydrogen) atoms. The summed E-state index contributed by atoms with van der Waals surface area (Å²) in [5.74, 6) is 0. The molecule has 0 rings (SSSR count). The molecule has 0 bridgehead atoms. The van der Waals surface area contributed by atoms with Crippen molar-refractivity contribution in [3.8, 4) is 0 Å². The van der Waals surface area contributed by atoms with E-state index < -0.39 is 0 Å². The maximum absolute atomic E-state index is 2.59. The van der Waals surface area contributed by atoms with Crippen LogP contribution in [0.4, 0.5) is 0 Å². The van der Waals surface area contributed by atoms with Gasteiger partial charge in [-0.25, -0.2) is 0 Å². The van der Waals surface area contributed by atoms with Crippen molar-refractivity contribution < 1.29 is 0 Å². The van der Waals surface area contributed by atoms with Crippen LogP contribution in [-0.4, -0.2) is 23.5 Å². The average Bonchev–Trinajstić information content (AvgIpc) is 2.25. The normalized spacial score (nSPS) is 12.4. The standard InChI is InChI=1S/C16H35N/c1-6-8-9-10-11-12-13-14-15-17(7-2)16(3,4)5/h6-15H2,1-5H3. The summed E-state index contributed by atoms with van der Waals surface area (Å²) in [6.45, 7) is 14.0. The molecule has 0 atom stereocenters. The average molecular weight is 241 g/mol. The van der Waals surface area contributed by atoms with E-state index in [1.165, 1.54) is 64.5 Å². The van der Waals surface area contributed by atoms with Gasteiger partial charge in [0.1, 0.15) is 0 Å². The first-order chi connectivity index (χ1) is 8.02. The van der Waals surface area contributed by atoms with Crippen LogP contribution in [0.3, 0.4) is 0 Å². The summed E-state index contributed by atoms with van der Waals surface area (Å²) < 4.78 is 0. The predicted octanol–water partition coefficient (Wildman–Crippen LogP) is 5.25. The first-order valence-corrected chi connectivity index (χ1v) is 7.77. The van der Waals surface area contributed by atoms with E-state index in [4.69, 9.17) is 0 Å². The van der Waals surface area contributed by atoms with Crippen molar-refractivity contribution in [2.45, 2.75) is 91.5 Å². The molecule has 0 saturated heterocycles. The Morgan fingerprint density at radius 2 is 1.18 bits per heavy atom. The van der Waals surface area contributed by atoms with E-state index in [9.17, 15) is 0 Å². The molecule has 0 fully saturated rings. The van der Waals surface area contributed by atoms with Gasteiger partial charge in [0.15, 0.2) is 0 Å². The molecule has 0 aliphatic carbocycles. The summed E-state index contributed by atoms with van der Waals surface area (Å²) in [5, 5.41) is 0. The summed E-state index contributed by atoms with van der Waals surface area (Å²) in [4.78, 5) is 2.59. The van der Waals surface area contributed by atoms with Gasteiger partial charge in [-0.2, -0.15) is 0 Å². The zero-order valence-electron chi connectivity index (χ0n) is 13.0. The quantitative estimate of drug-likeness (QED) is 0.472. The van der Waals surface area contributed by atoms with Crippen molar-refractivity contribution in [2.24, 2.45) is 0 Å². The molecule has 1 nitrogen and oxygen atoms in total. The lowest BCUT2D eigenvalue weighted by Crippen LogP contribution is -2.41. The lowest BCUT2D eigenvalue weighted by atomic mass is 10.0. The van der Waals surface area contributed by atoms with Crippen LogP contribution >= 0.6 is 0 Å². The fourth-order valence-electron chi connectivity index (χ4n) is 2.40. The lowest BCUT2D eigenvalue weighted by molar-refractivity contribution is 0.141. The number of nitrogens with zero attached hydrogens (tertiary/aromatic N) is 1. The van der Waals surface area contributed by atoms with Gasteiger partial charge in [-0.05, 0) is 40.3 Å². The topological polar surface area (TPSA) is 3.24 Å². The van der Waals surface area contributed by atoms with E-state index >= 15 is 0 Å². The SMILES string of the molecule is CCCCCCCCCCN(CC)C(C)(C)C. The smallest absolute Gasteiger partial charge is 0.0124 e. The molecular weight excluding hydrogens is 206 g/mol. The molecule has 0 aliphatic heterocycles. The van der Waals surface area contributed by atoms with Gasteiger partial charge in [0, 0.05) is 5.54 Å². The Balaban J connectivity index is 3.38. The highest BCUT2D eigenvalue weighted by Gasteiger charge is 2.18. The van der Waals surface area contributed by atoms with Gasteiger partial charge in [0.05, 0.1) is 0 Å². The van der Waals surface area contributed by atoms with Crippen LogP contribution in [0.5, 0.6) is 0 Å². The van der Waals surface area contributed by atoms with Crippen molar-refractivity contribution in [3.63, 3.8) is 0 Å². The molecule has 0 aliphatic rings. The fraction of sp³-hybridized carbons (Fsp3) is 1.00. The fourth-order valence-corrected chi connectivity index (χ4v) is 2.40. The summed E-state index contributed by atoms with van der Waals surface area (Å²) in [7, 11) is 0. The highest BCUT2D eigenvalue weighted by molar-refractivity contribution is 4.74. The third-order valence-electron chi connectivity index (χ3n) is 3.61. The Kier molecular flexibility index (Phi) is 9.91. The van der Waals surface area contributed by atoms with Gasteiger partial charge in [-0.15, -0.1) is 0 Å². The van der Waals surface area contributed by atoms with Gasteiger partial charge < -0.3 is 0 Å². The number of hydrogen-bond acceptors (Lipinski definition) is 1. The van der Waals surface area contributed by atoms with Crippen LogP contribution in [-0.2, 0) is 0 Å². The Morgan fingerprint density at radius 3 is 1.59 bits per heavy atom. The van der Waals surface area contributed by atoms with Gasteiger partial charge in [-0.3, -0.25) is 4.90 Å². The van der Waals surface area contributed by atoms with Gasteiger partial charge in [0.2, 0.25) is 0 Å². The molecule has 0 aromatic carbocycles. The molecule has 0 N–H and O–H groups in total. The van der Waals surface area contributed by atoms with Gasteiger partial charge in [0.25, 0.3) is 0 Å². The van der Waals surface area contributed by atoms with Crippen molar-refractivity contribution in [1.29, 1.82) is 0 Å². The summed E-state index contributed by atoms with van der Waals surface area (Å²) in [6, 6.07) is 0. The predicted molar refractivity (Wildman–Crippen MR) is 79.6 cm³/mol. The van der Waals surface area contributed by atoms with Crippen LogP contribution < -0.4 is 0 Å². The molecular formula is C16H35N. The highest BCUT2D eigenvalue weighted by Crippen LogP contribution is 2.15. The first kappa shape index (κ1) is 17.0. The molecule has 0 amide bonds. The van der Waals surface area contributed by atoms with E-state index in [1.807, 2.05) is 0 Å². The second-order valence-corrected chi connectivity index (χ2v) is 6.23. The Hall–Kier alpha value is -0.0400. The molecule has 0 radical (unpaired) electrons. The third-order valence-corrected chi connectivity index (χ3v) is 3.61. The molecule has 0 unspecified atom stereocenters. The molecule has 0 aromatic heterocycles. The van der Waals surface area contributed by atoms with Crippen LogP contribution in [0.15, 0.2) is 0 Å². The van der Waals surface area contributed by atoms with E-state index in [-0.39, 0.29) is 0 Å². The Morgan fingerprint density at radius 1 is 0.706 bits per heavy atom. The van der Waals surface area contributed by atoms with Crippen molar-refractivity contribution >= 4 is 0 Å². The largest absolute Gasteiger partial charge is 0.299 e. The second-order valence-electron chi connectivity index (χ2n) is 6.23. The molecule has 0 aromatic rings. The summed E-state index contributed by atoms with van der Waals surface area (Å²) in [6.07, 6.45) is 11.3. The monoisotopic (exact) mass is 241 g/mol. The lowest BCUT2D eigenvalue weighted by Gasteiger charge is -2.34. The van der Waals surface area contributed by atoms with E-state index in [0.717, 1.165) is 0 Å². The Labute approximate surface area is 110 Å². The maximum Gasteiger partial charge on any atom is 0.0124 e. The van der Waals surface area contributed by atoms with E-state index in [0.29, 0.717) is 5.54 Å². The minimum atomic E-state index is 0.343. The van der Waals surface area contributed by atoms with E-state index in [1.54, 1.807) is 0 Å². The van der Waals surface area contributed by atoms with Crippen LogP contribution in [0, 0.1) is 0 Å². The molecule has 0 spiro atoms. The summed E-state index contributed by atoms with van der Waals surface area (Å²) >= 11 is 0. The number of unbranched alkanes of at least 4 members (excludes halogenated alkanes) is 7. The maximum atomic E-state index is 2.59. The number of hydrogen-bond donors (Lipinski definition) is 0. The second kappa shape index (κ2) is 9.94. The number of rotatable bonds is 10. The van der Waals surface area contributed by atoms with Crippen molar-refractivity contribution in [1.82, 2.24) is 4.90 Å². The molecule has 1 heteroatoms. The van der Waals surface area contributed by atoms with Gasteiger partial charge >= 0.3 is 0 Å².